The van der Waals surface area contributed by atoms with E-state index in [1.165, 1.54) is 11.1 Å². The van der Waals surface area contributed by atoms with Gasteiger partial charge in [-0.3, -0.25) is 4.90 Å². The SMILES string of the molecule is Clc1ccc([C@@H]2CN(Cc3ccccc3)CCC2CCOc2ccc(Cl)cn2)cc1. The Labute approximate surface area is 188 Å². The summed E-state index contributed by atoms with van der Waals surface area (Å²) in [5.74, 6) is 1.65. The standard InChI is InChI=1S/C25H26Cl2N2O/c26-22-8-6-20(7-9-22)24-18-29(17-19-4-2-1-3-5-19)14-12-21(24)13-15-30-25-11-10-23(27)16-28-25/h1-11,16,21,24H,12-15,17-18H2/t21?,24-/m0/s1. The van der Waals surface area contributed by atoms with Gasteiger partial charge in [0, 0.05) is 30.4 Å². The average molecular weight is 441 g/mol. The van der Waals surface area contributed by atoms with E-state index < -0.39 is 0 Å². The first-order valence-electron chi connectivity index (χ1n) is 10.4. The zero-order chi connectivity index (χ0) is 20.8. The Kier molecular flexibility index (Phi) is 7.27. The number of hydrogen-bond acceptors (Lipinski definition) is 3. The summed E-state index contributed by atoms with van der Waals surface area (Å²) >= 11 is 12.0. The predicted molar refractivity (Wildman–Crippen MR) is 123 cm³/mol. The highest BCUT2D eigenvalue weighted by molar-refractivity contribution is 6.30. The molecule has 2 atom stereocenters. The monoisotopic (exact) mass is 440 g/mol. The molecule has 5 heteroatoms. The summed E-state index contributed by atoms with van der Waals surface area (Å²) in [4.78, 5) is 6.79. The second kappa shape index (κ2) is 10.3. The molecule has 156 valence electrons. The maximum Gasteiger partial charge on any atom is 0.213 e. The van der Waals surface area contributed by atoms with Gasteiger partial charge in [0.05, 0.1) is 11.6 Å². The number of benzene rings is 2. The van der Waals surface area contributed by atoms with Crippen LogP contribution in [0, 0.1) is 5.92 Å². The molecule has 0 radical (unpaired) electrons. The second-order valence-corrected chi connectivity index (χ2v) is 8.75. The van der Waals surface area contributed by atoms with E-state index in [1.54, 1.807) is 6.20 Å². The van der Waals surface area contributed by atoms with Crippen molar-refractivity contribution < 1.29 is 4.74 Å². The molecule has 1 saturated heterocycles. The maximum absolute atomic E-state index is 6.14. The van der Waals surface area contributed by atoms with E-state index in [0.717, 1.165) is 37.5 Å². The van der Waals surface area contributed by atoms with Crippen molar-refractivity contribution in [2.45, 2.75) is 25.3 Å². The Morgan fingerprint density at radius 1 is 0.933 bits per heavy atom. The molecule has 0 amide bonds. The molecule has 0 spiro atoms. The fraction of sp³-hybridized carbons (Fsp3) is 0.320. The van der Waals surface area contributed by atoms with Crippen LogP contribution in [-0.4, -0.2) is 29.6 Å². The van der Waals surface area contributed by atoms with Gasteiger partial charge in [-0.05, 0) is 60.5 Å². The Morgan fingerprint density at radius 2 is 1.70 bits per heavy atom. The third-order valence-corrected chi connectivity index (χ3v) is 6.30. The van der Waals surface area contributed by atoms with Crippen LogP contribution >= 0.6 is 23.2 Å². The van der Waals surface area contributed by atoms with Crippen LogP contribution in [-0.2, 0) is 6.54 Å². The highest BCUT2D eigenvalue weighted by Gasteiger charge is 2.30. The smallest absolute Gasteiger partial charge is 0.213 e. The minimum atomic E-state index is 0.460. The molecule has 0 bridgehead atoms. The molecule has 2 aromatic carbocycles. The van der Waals surface area contributed by atoms with Crippen molar-refractivity contribution >= 4 is 23.2 Å². The quantitative estimate of drug-likeness (QED) is 0.421. The molecule has 3 aromatic rings. The van der Waals surface area contributed by atoms with Gasteiger partial charge in [-0.1, -0.05) is 65.7 Å². The molecule has 4 rings (SSSR count). The lowest BCUT2D eigenvalue weighted by atomic mass is 9.79. The lowest BCUT2D eigenvalue weighted by Gasteiger charge is -2.39. The zero-order valence-corrected chi connectivity index (χ0v) is 18.4. The zero-order valence-electron chi connectivity index (χ0n) is 16.9. The first-order chi connectivity index (χ1) is 14.7. The van der Waals surface area contributed by atoms with E-state index in [-0.39, 0.29) is 0 Å². The largest absolute Gasteiger partial charge is 0.478 e. The Bertz CT molecular complexity index is 916. The lowest BCUT2D eigenvalue weighted by Crippen LogP contribution is -2.39. The summed E-state index contributed by atoms with van der Waals surface area (Å²) in [5, 5.41) is 1.40. The van der Waals surface area contributed by atoms with Crippen molar-refractivity contribution in [3.63, 3.8) is 0 Å². The van der Waals surface area contributed by atoms with E-state index in [1.807, 2.05) is 24.3 Å². The predicted octanol–water partition coefficient (Wildman–Crippen LogP) is 6.46. The molecule has 1 fully saturated rings. The van der Waals surface area contributed by atoms with Crippen LogP contribution in [0.2, 0.25) is 10.0 Å². The van der Waals surface area contributed by atoms with Gasteiger partial charge in [-0.25, -0.2) is 4.98 Å². The number of nitrogens with zero attached hydrogens (tertiary/aromatic N) is 2. The molecule has 1 unspecified atom stereocenters. The molecule has 2 heterocycles. The van der Waals surface area contributed by atoms with Gasteiger partial charge in [0.1, 0.15) is 0 Å². The summed E-state index contributed by atoms with van der Waals surface area (Å²) in [6.07, 6.45) is 3.77. The number of piperidine rings is 1. The Hall–Kier alpha value is -2.07. The molecule has 1 aromatic heterocycles. The van der Waals surface area contributed by atoms with Crippen LogP contribution in [0.15, 0.2) is 72.9 Å². The molecular formula is C25H26Cl2N2O. The third kappa shape index (κ3) is 5.75. The minimum absolute atomic E-state index is 0.460. The van der Waals surface area contributed by atoms with Gasteiger partial charge in [-0.15, -0.1) is 0 Å². The van der Waals surface area contributed by atoms with E-state index >= 15 is 0 Å². The van der Waals surface area contributed by atoms with Crippen LogP contribution in [0.25, 0.3) is 0 Å². The number of pyridine rings is 1. The molecule has 30 heavy (non-hydrogen) atoms. The highest BCUT2D eigenvalue weighted by atomic mass is 35.5. The summed E-state index contributed by atoms with van der Waals surface area (Å²) < 4.78 is 5.89. The van der Waals surface area contributed by atoms with Gasteiger partial charge >= 0.3 is 0 Å². The van der Waals surface area contributed by atoms with Crippen LogP contribution in [0.4, 0.5) is 0 Å². The van der Waals surface area contributed by atoms with Crippen LogP contribution in [0.1, 0.15) is 29.9 Å². The van der Waals surface area contributed by atoms with Crippen LogP contribution in [0.3, 0.4) is 0 Å². The first kappa shape index (κ1) is 21.2. The fourth-order valence-electron chi connectivity index (χ4n) is 4.25. The average Bonchev–Trinajstić information content (AvgIpc) is 2.77. The molecule has 1 aliphatic heterocycles. The Balaban J connectivity index is 1.42. The topological polar surface area (TPSA) is 25.4 Å². The summed E-state index contributed by atoms with van der Waals surface area (Å²) in [7, 11) is 0. The third-order valence-electron chi connectivity index (χ3n) is 5.83. The number of hydrogen-bond donors (Lipinski definition) is 0. The lowest BCUT2D eigenvalue weighted by molar-refractivity contribution is 0.133. The van der Waals surface area contributed by atoms with E-state index in [2.05, 4.69) is 52.3 Å². The van der Waals surface area contributed by atoms with E-state index in [9.17, 15) is 0 Å². The van der Waals surface area contributed by atoms with Crippen molar-refractivity contribution in [1.82, 2.24) is 9.88 Å². The molecule has 0 N–H and O–H groups in total. The van der Waals surface area contributed by atoms with Crippen molar-refractivity contribution in [1.29, 1.82) is 0 Å². The number of ether oxygens (including phenoxy) is 1. The summed E-state index contributed by atoms with van der Waals surface area (Å²) in [5.41, 5.74) is 2.72. The van der Waals surface area contributed by atoms with Crippen molar-refractivity contribution in [3.8, 4) is 5.88 Å². The van der Waals surface area contributed by atoms with Gasteiger partial charge in [0.2, 0.25) is 5.88 Å². The van der Waals surface area contributed by atoms with E-state index in [0.29, 0.717) is 29.3 Å². The van der Waals surface area contributed by atoms with Gasteiger partial charge < -0.3 is 4.74 Å². The Morgan fingerprint density at radius 3 is 2.43 bits per heavy atom. The molecule has 0 saturated carbocycles. The first-order valence-corrected chi connectivity index (χ1v) is 11.2. The molecule has 0 aliphatic carbocycles. The summed E-state index contributed by atoms with van der Waals surface area (Å²) in [6.45, 7) is 3.79. The van der Waals surface area contributed by atoms with Crippen molar-refractivity contribution in [3.05, 3.63) is 94.1 Å². The normalized spacial score (nSPS) is 19.5. The number of halogens is 2. The number of aromatic nitrogens is 1. The second-order valence-electron chi connectivity index (χ2n) is 7.88. The highest BCUT2D eigenvalue weighted by Crippen LogP contribution is 2.35. The van der Waals surface area contributed by atoms with E-state index in [4.69, 9.17) is 27.9 Å². The molecule has 3 nitrogen and oxygen atoms in total. The molecule has 1 aliphatic rings. The fourth-order valence-corrected chi connectivity index (χ4v) is 4.49. The van der Waals surface area contributed by atoms with Gasteiger partial charge in [0.15, 0.2) is 0 Å². The van der Waals surface area contributed by atoms with Crippen LogP contribution in [0.5, 0.6) is 5.88 Å². The van der Waals surface area contributed by atoms with Crippen molar-refractivity contribution in [2.75, 3.05) is 19.7 Å². The molecular weight excluding hydrogens is 415 g/mol. The number of rotatable bonds is 7. The van der Waals surface area contributed by atoms with Crippen molar-refractivity contribution in [2.24, 2.45) is 5.92 Å². The minimum Gasteiger partial charge on any atom is -0.478 e. The van der Waals surface area contributed by atoms with Gasteiger partial charge in [0.25, 0.3) is 0 Å². The maximum atomic E-state index is 6.14. The van der Waals surface area contributed by atoms with Gasteiger partial charge in [-0.2, -0.15) is 0 Å². The van der Waals surface area contributed by atoms with Crippen LogP contribution < -0.4 is 4.74 Å². The summed E-state index contributed by atoms with van der Waals surface area (Å²) in [6, 6.07) is 22.7. The number of likely N-dealkylation sites (tertiary alicyclic amines) is 1.